The fourth-order valence-corrected chi connectivity index (χ4v) is 3.35. The van der Waals surface area contributed by atoms with Crippen molar-refractivity contribution in [2.75, 3.05) is 31.7 Å². The monoisotopic (exact) mass is 299 g/mol. The summed E-state index contributed by atoms with van der Waals surface area (Å²) in [7, 11) is 1.54. The minimum atomic E-state index is -0.108. The highest BCUT2D eigenvalue weighted by Crippen LogP contribution is 2.36. The minimum Gasteiger partial charge on any atom is -0.480 e. The van der Waals surface area contributed by atoms with E-state index in [1.807, 2.05) is 6.07 Å². The second-order valence-electron chi connectivity index (χ2n) is 5.97. The van der Waals surface area contributed by atoms with E-state index >= 15 is 0 Å². The average molecular weight is 299 g/mol. The van der Waals surface area contributed by atoms with Gasteiger partial charge in [-0.1, -0.05) is 11.6 Å². The summed E-state index contributed by atoms with van der Waals surface area (Å²) in [6.07, 6.45) is 6.91. The topological polar surface area (TPSA) is 58.4 Å². The number of hydrogen-bond acceptors (Lipinski definition) is 5. The van der Waals surface area contributed by atoms with E-state index in [9.17, 15) is 5.26 Å². The molecule has 0 saturated carbocycles. The van der Waals surface area contributed by atoms with Gasteiger partial charge < -0.3 is 14.4 Å². The Kier molecular flexibility index (Phi) is 4.04. The average Bonchev–Trinajstić information content (AvgIpc) is 2.54. The van der Waals surface area contributed by atoms with E-state index in [1.165, 1.54) is 5.57 Å². The number of ether oxygens (including phenoxy) is 2. The highest BCUT2D eigenvalue weighted by Gasteiger charge is 2.36. The summed E-state index contributed by atoms with van der Waals surface area (Å²) in [6.45, 7) is 4.73. The van der Waals surface area contributed by atoms with Crippen LogP contribution in [0.25, 0.3) is 0 Å². The van der Waals surface area contributed by atoms with Gasteiger partial charge in [0.2, 0.25) is 5.88 Å². The van der Waals surface area contributed by atoms with Crippen molar-refractivity contribution in [3.8, 4) is 11.9 Å². The standard InChI is InChI=1S/C17H21N3O2/c1-13-4-10-22-17(11-13)5-8-20(9-6-17)15-3-7-19-16(21-2)14(15)12-18/h3,7,11H,4-6,8-10H2,1-2H3. The van der Waals surface area contributed by atoms with Gasteiger partial charge in [-0.15, -0.1) is 0 Å². The van der Waals surface area contributed by atoms with Crippen LogP contribution in [0.4, 0.5) is 5.69 Å². The molecule has 3 rings (SSSR count). The summed E-state index contributed by atoms with van der Waals surface area (Å²) in [5.41, 5.74) is 2.73. The van der Waals surface area contributed by atoms with Crippen molar-refractivity contribution in [3.63, 3.8) is 0 Å². The molecule has 5 heteroatoms. The van der Waals surface area contributed by atoms with E-state index in [0.29, 0.717) is 11.4 Å². The highest BCUT2D eigenvalue weighted by atomic mass is 16.5. The van der Waals surface area contributed by atoms with Crippen molar-refractivity contribution >= 4 is 5.69 Å². The lowest BCUT2D eigenvalue weighted by atomic mass is 9.86. The Morgan fingerprint density at radius 2 is 2.18 bits per heavy atom. The van der Waals surface area contributed by atoms with E-state index in [-0.39, 0.29) is 5.60 Å². The normalized spacial score (nSPS) is 20.4. The smallest absolute Gasteiger partial charge is 0.233 e. The van der Waals surface area contributed by atoms with Gasteiger partial charge in [0, 0.05) is 19.3 Å². The number of methoxy groups -OCH3 is 1. The van der Waals surface area contributed by atoms with Crippen LogP contribution in [0.1, 0.15) is 31.7 Å². The van der Waals surface area contributed by atoms with Gasteiger partial charge in [0.15, 0.2) is 0 Å². The molecule has 0 amide bonds. The predicted octanol–water partition coefficient (Wildman–Crippen LogP) is 2.67. The summed E-state index contributed by atoms with van der Waals surface area (Å²) in [6, 6.07) is 4.11. The van der Waals surface area contributed by atoms with Crippen LogP contribution in [0.5, 0.6) is 5.88 Å². The number of rotatable bonds is 2. The molecule has 1 spiro atoms. The maximum absolute atomic E-state index is 9.41. The Morgan fingerprint density at radius 3 is 2.82 bits per heavy atom. The molecule has 22 heavy (non-hydrogen) atoms. The van der Waals surface area contributed by atoms with Gasteiger partial charge in [0.05, 0.1) is 25.0 Å². The second-order valence-corrected chi connectivity index (χ2v) is 5.97. The molecule has 0 atom stereocenters. The van der Waals surface area contributed by atoms with E-state index in [0.717, 1.165) is 44.6 Å². The van der Waals surface area contributed by atoms with E-state index in [2.05, 4.69) is 29.0 Å². The van der Waals surface area contributed by atoms with Crippen molar-refractivity contribution in [3.05, 3.63) is 29.5 Å². The number of nitriles is 1. The maximum Gasteiger partial charge on any atom is 0.233 e. The number of pyridine rings is 1. The number of anilines is 1. The molecule has 1 fully saturated rings. The molecule has 116 valence electrons. The SMILES string of the molecule is COc1nccc(N2CCC3(C=C(C)CCO3)CC2)c1C#N. The molecule has 1 aromatic rings. The van der Waals surface area contributed by atoms with Crippen LogP contribution >= 0.6 is 0 Å². The first-order valence-corrected chi connectivity index (χ1v) is 7.68. The molecule has 0 unspecified atom stereocenters. The van der Waals surface area contributed by atoms with Crippen molar-refractivity contribution < 1.29 is 9.47 Å². The van der Waals surface area contributed by atoms with Crippen molar-refractivity contribution in [1.82, 2.24) is 4.98 Å². The van der Waals surface area contributed by atoms with Crippen LogP contribution in [-0.2, 0) is 4.74 Å². The Hall–Kier alpha value is -2.06. The van der Waals surface area contributed by atoms with Gasteiger partial charge >= 0.3 is 0 Å². The number of nitrogens with zero attached hydrogens (tertiary/aromatic N) is 3. The maximum atomic E-state index is 9.41. The Bertz CT molecular complexity index is 625. The molecule has 1 saturated heterocycles. The molecule has 3 heterocycles. The molecule has 5 nitrogen and oxygen atoms in total. The first kappa shape index (κ1) is 14.9. The second kappa shape index (κ2) is 5.98. The molecule has 0 aliphatic carbocycles. The van der Waals surface area contributed by atoms with Gasteiger partial charge in [0.25, 0.3) is 0 Å². The molecule has 0 radical (unpaired) electrons. The van der Waals surface area contributed by atoms with Gasteiger partial charge in [-0.05, 0) is 32.3 Å². The van der Waals surface area contributed by atoms with Crippen LogP contribution in [0, 0.1) is 11.3 Å². The van der Waals surface area contributed by atoms with E-state index < -0.39 is 0 Å². The zero-order valence-corrected chi connectivity index (χ0v) is 13.1. The number of piperidine rings is 1. The van der Waals surface area contributed by atoms with E-state index in [1.54, 1.807) is 13.3 Å². The fourth-order valence-electron chi connectivity index (χ4n) is 3.35. The summed E-state index contributed by atoms with van der Waals surface area (Å²) in [5.74, 6) is 0.393. The van der Waals surface area contributed by atoms with Crippen LogP contribution in [0.2, 0.25) is 0 Å². The Balaban J connectivity index is 1.80. The third kappa shape index (κ3) is 2.67. The zero-order chi connectivity index (χ0) is 15.6. The number of hydrogen-bond donors (Lipinski definition) is 0. The van der Waals surface area contributed by atoms with Crippen LogP contribution < -0.4 is 9.64 Å². The lowest BCUT2D eigenvalue weighted by Crippen LogP contribution is -2.46. The van der Waals surface area contributed by atoms with E-state index in [4.69, 9.17) is 9.47 Å². The molecule has 0 N–H and O–H groups in total. The van der Waals surface area contributed by atoms with Gasteiger partial charge in [-0.3, -0.25) is 0 Å². The van der Waals surface area contributed by atoms with Gasteiger partial charge in [-0.25, -0.2) is 4.98 Å². The van der Waals surface area contributed by atoms with Gasteiger partial charge in [0.1, 0.15) is 11.6 Å². The summed E-state index contributed by atoms with van der Waals surface area (Å²) in [5, 5.41) is 9.41. The van der Waals surface area contributed by atoms with Crippen molar-refractivity contribution in [1.29, 1.82) is 5.26 Å². The van der Waals surface area contributed by atoms with Crippen LogP contribution in [0.3, 0.4) is 0 Å². The molecule has 0 bridgehead atoms. The predicted molar refractivity (Wildman–Crippen MR) is 84.0 cm³/mol. The Labute approximate surface area is 131 Å². The first-order chi connectivity index (χ1) is 10.7. The molecule has 0 aromatic carbocycles. The number of aromatic nitrogens is 1. The zero-order valence-electron chi connectivity index (χ0n) is 13.1. The molecular formula is C17H21N3O2. The summed E-state index contributed by atoms with van der Waals surface area (Å²) in [4.78, 5) is 6.34. The summed E-state index contributed by atoms with van der Waals surface area (Å²) >= 11 is 0. The largest absolute Gasteiger partial charge is 0.480 e. The third-order valence-corrected chi connectivity index (χ3v) is 4.55. The lowest BCUT2D eigenvalue weighted by molar-refractivity contribution is -0.0325. The lowest BCUT2D eigenvalue weighted by Gasteiger charge is -2.43. The van der Waals surface area contributed by atoms with Crippen molar-refractivity contribution in [2.24, 2.45) is 0 Å². The third-order valence-electron chi connectivity index (χ3n) is 4.55. The Morgan fingerprint density at radius 1 is 1.41 bits per heavy atom. The van der Waals surface area contributed by atoms with Gasteiger partial charge in [-0.2, -0.15) is 5.26 Å². The molecule has 2 aliphatic heterocycles. The minimum absolute atomic E-state index is 0.108. The molecule has 1 aromatic heterocycles. The van der Waals surface area contributed by atoms with Crippen molar-refractivity contribution in [2.45, 2.75) is 31.8 Å². The van der Waals surface area contributed by atoms with Crippen LogP contribution in [-0.4, -0.2) is 37.4 Å². The summed E-state index contributed by atoms with van der Waals surface area (Å²) < 4.78 is 11.3. The molecular weight excluding hydrogens is 278 g/mol. The fraction of sp³-hybridized carbons (Fsp3) is 0.529. The first-order valence-electron chi connectivity index (χ1n) is 7.68. The quantitative estimate of drug-likeness (QED) is 0.786. The molecule has 2 aliphatic rings. The highest BCUT2D eigenvalue weighted by molar-refractivity contribution is 5.63. The van der Waals surface area contributed by atoms with Crippen LogP contribution in [0.15, 0.2) is 23.9 Å².